The molecule has 0 spiro atoms. The fourth-order valence-electron chi connectivity index (χ4n) is 2.07. The Morgan fingerprint density at radius 1 is 1.53 bits per heavy atom. The molecule has 112 valence electrons. The van der Waals surface area contributed by atoms with Crippen molar-refractivity contribution in [3.05, 3.63) is 0 Å². The highest BCUT2D eigenvalue weighted by Gasteiger charge is 2.31. The lowest BCUT2D eigenvalue weighted by atomic mass is 10.1. The van der Waals surface area contributed by atoms with Gasteiger partial charge in [-0.05, 0) is 34.1 Å². The summed E-state index contributed by atoms with van der Waals surface area (Å²) in [5, 5.41) is 0. The van der Waals surface area contributed by atoms with Gasteiger partial charge < -0.3 is 19.2 Å². The number of carbonyl (C=O) groups is 1. The Kier molecular flexibility index (Phi) is 6.03. The van der Waals surface area contributed by atoms with Crippen molar-refractivity contribution in [2.45, 2.75) is 51.8 Å². The summed E-state index contributed by atoms with van der Waals surface area (Å²) in [6, 6.07) is 0.155. The number of hydrogen-bond acceptors (Lipinski definition) is 5. The zero-order chi connectivity index (χ0) is 14.5. The monoisotopic (exact) mass is 274 g/mol. The summed E-state index contributed by atoms with van der Waals surface area (Å²) in [5.41, 5.74) is 2.39. The predicted octanol–water partition coefficient (Wildman–Crippen LogP) is 1.55. The minimum Gasteiger partial charge on any atom is -0.444 e. The average Bonchev–Trinajstić information content (AvgIpc) is 2.27. The number of hydrogen-bond donors (Lipinski definition) is 1. The van der Waals surface area contributed by atoms with Crippen molar-refractivity contribution in [3.63, 3.8) is 0 Å². The summed E-state index contributed by atoms with van der Waals surface area (Å²) in [7, 11) is 1.58. The highest BCUT2D eigenvalue weighted by atomic mass is 16.6. The summed E-state index contributed by atoms with van der Waals surface area (Å²) in [5.74, 6) is 0. The molecule has 1 aliphatic rings. The normalized spacial score (nSPS) is 22.2. The number of amides is 1. The third kappa shape index (κ3) is 5.76. The standard InChI is InChI=1S/C13H26N2O4/c1-10(14-17-5)8-11-9-18-7-6-15(11)12(16)19-13(2,3)4/h10-11,14H,6-9H2,1-5H3. The van der Waals surface area contributed by atoms with E-state index in [0.717, 1.165) is 6.42 Å². The number of carbonyl (C=O) groups excluding carboxylic acids is 1. The Morgan fingerprint density at radius 2 is 2.21 bits per heavy atom. The fraction of sp³-hybridized carbons (Fsp3) is 0.923. The van der Waals surface area contributed by atoms with Crippen LogP contribution in [-0.2, 0) is 14.3 Å². The van der Waals surface area contributed by atoms with E-state index in [4.69, 9.17) is 14.3 Å². The van der Waals surface area contributed by atoms with Gasteiger partial charge in [0.15, 0.2) is 0 Å². The van der Waals surface area contributed by atoms with Crippen LogP contribution in [-0.4, -0.2) is 55.5 Å². The minimum absolute atomic E-state index is 0.0150. The van der Waals surface area contributed by atoms with Gasteiger partial charge in [0, 0.05) is 12.6 Å². The van der Waals surface area contributed by atoms with Crippen LogP contribution in [0.3, 0.4) is 0 Å². The summed E-state index contributed by atoms with van der Waals surface area (Å²) in [6.07, 6.45) is 0.484. The molecule has 2 atom stereocenters. The van der Waals surface area contributed by atoms with E-state index in [0.29, 0.717) is 19.8 Å². The van der Waals surface area contributed by atoms with Crippen molar-refractivity contribution >= 4 is 6.09 Å². The second kappa shape index (κ2) is 7.07. The van der Waals surface area contributed by atoms with Crippen LogP contribution in [0.1, 0.15) is 34.1 Å². The number of morpholine rings is 1. The van der Waals surface area contributed by atoms with Gasteiger partial charge in [-0.2, -0.15) is 0 Å². The molecule has 6 nitrogen and oxygen atoms in total. The van der Waals surface area contributed by atoms with Crippen molar-refractivity contribution in [1.82, 2.24) is 10.4 Å². The molecule has 1 amide bonds. The van der Waals surface area contributed by atoms with E-state index in [9.17, 15) is 4.79 Å². The van der Waals surface area contributed by atoms with Crippen LogP contribution in [0.5, 0.6) is 0 Å². The van der Waals surface area contributed by atoms with Gasteiger partial charge in [0.05, 0.1) is 26.4 Å². The smallest absolute Gasteiger partial charge is 0.410 e. The van der Waals surface area contributed by atoms with Crippen molar-refractivity contribution in [2.75, 3.05) is 26.9 Å². The van der Waals surface area contributed by atoms with E-state index in [-0.39, 0.29) is 18.2 Å². The first kappa shape index (κ1) is 16.2. The molecule has 0 aromatic heterocycles. The van der Waals surface area contributed by atoms with Crippen molar-refractivity contribution in [2.24, 2.45) is 0 Å². The first-order valence-electron chi connectivity index (χ1n) is 6.69. The quantitative estimate of drug-likeness (QED) is 0.788. The largest absolute Gasteiger partial charge is 0.444 e. The average molecular weight is 274 g/mol. The third-order valence-corrected chi connectivity index (χ3v) is 2.80. The molecule has 0 aromatic carbocycles. The lowest BCUT2D eigenvalue weighted by Gasteiger charge is -2.37. The van der Waals surface area contributed by atoms with E-state index in [1.807, 2.05) is 27.7 Å². The highest BCUT2D eigenvalue weighted by molar-refractivity contribution is 5.68. The van der Waals surface area contributed by atoms with Crippen LogP contribution < -0.4 is 5.48 Å². The Labute approximate surface area is 115 Å². The summed E-state index contributed by atoms with van der Waals surface area (Å²) in [4.78, 5) is 18.8. The van der Waals surface area contributed by atoms with Crippen molar-refractivity contribution in [1.29, 1.82) is 0 Å². The molecule has 1 N–H and O–H groups in total. The van der Waals surface area contributed by atoms with Crippen LogP contribution in [0.2, 0.25) is 0 Å². The molecule has 19 heavy (non-hydrogen) atoms. The van der Waals surface area contributed by atoms with Crippen LogP contribution in [0, 0.1) is 0 Å². The second-order valence-corrected chi connectivity index (χ2v) is 5.86. The number of rotatable bonds is 4. The lowest BCUT2D eigenvalue weighted by molar-refractivity contribution is -0.0406. The van der Waals surface area contributed by atoms with E-state index in [1.54, 1.807) is 12.0 Å². The summed E-state index contributed by atoms with van der Waals surface area (Å²) >= 11 is 0. The Bertz CT molecular complexity index is 291. The van der Waals surface area contributed by atoms with E-state index in [1.165, 1.54) is 0 Å². The first-order chi connectivity index (χ1) is 8.83. The maximum atomic E-state index is 12.2. The van der Waals surface area contributed by atoms with Crippen LogP contribution in [0.4, 0.5) is 4.79 Å². The van der Waals surface area contributed by atoms with Gasteiger partial charge in [0.25, 0.3) is 0 Å². The second-order valence-electron chi connectivity index (χ2n) is 5.86. The number of ether oxygens (including phenoxy) is 2. The van der Waals surface area contributed by atoms with Crippen LogP contribution in [0.15, 0.2) is 0 Å². The fourth-order valence-corrected chi connectivity index (χ4v) is 2.07. The molecule has 0 radical (unpaired) electrons. The van der Waals surface area contributed by atoms with E-state index >= 15 is 0 Å². The Hall–Kier alpha value is -0.850. The van der Waals surface area contributed by atoms with Gasteiger partial charge in [0.1, 0.15) is 5.60 Å². The number of hydroxylamine groups is 1. The molecule has 1 rings (SSSR count). The SMILES string of the molecule is CONC(C)CC1COCCN1C(=O)OC(C)(C)C. The molecule has 0 aromatic rings. The molecule has 2 unspecified atom stereocenters. The van der Waals surface area contributed by atoms with Gasteiger partial charge in [-0.3, -0.25) is 0 Å². The Balaban J connectivity index is 2.59. The molecular formula is C13H26N2O4. The maximum Gasteiger partial charge on any atom is 0.410 e. The topological polar surface area (TPSA) is 60.0 Å². The molecule has 0 aliphatic carbocycles. The van der Waals surface area contributed by atoms with Gasteiger partial charge in [-0.25, -0.2) is 10.3 Å². The van der Waals surface area contributed by atoms with E-state index in [2.05, 4.69) is 5.48 Å². The van der Waals surface area contributed by atoms with Gasteiger partial charge in [-0.1, -0.05) is 0 Å². The molecule has 1 fully saturated rings. The molecule has 6 heteroatoms. The third-order valence-electron chi connectivity index (χ3n) is 2.80. The summed E-state index contributed by atoms with van der Waals surface area (Å²) in [6.45, 7) is 9.28. The summed E-state index contributed by atoms with van der Waals surface area (Å²) < 4.78 is 10.9. The molecule has 1 heterocycles. The Morgan fingerprint density at radius 3 is 2.79 bits per heavy atom. The van der Waals surface area contributed by atoms with Crippen LogP contribution >= 0.6 is 0 Å². The predicted molar refractivity (Wildman–Crippen MR) is 71.8 cm³/mol. The molecule has 1 aliphatic heterocycles. The zero-order valence-corrected chi connectivity index (χ0v) is 12.6. The highest BCUT2D eigenvalue weighted by Crippen LogP contribution is 2.17. The first-order valence-corrected chi connectivity index (χ1v) is 6.69. The molecule has 0 bridgehead atoms. The van der Waals surface area contributed by atoms with Crippen molar-refractivity contribution in [3.8, 4) is 0 Å². The number of nitrogens with zero attached hydrogens (tertiary/aromatic N) is 1. The maximum absolute atomic E-state index is 12.2. The van der Waals surface area contributed by atoms with E-state index < -0.39 is 5.60 Å². The van der Waals surface area contributed by atoms with Crippen LogP contribution in [0.25, 0.3) is 0 Å². The minimum atomic E-state index is -0.476. The van der Waals surface area contributed by atoms with Gasteiger partial charge >= 0.3 is 6.09 Å². The number of nitrogens with one attached hydrogen (secondary N) is 1. The lowest BCUT2D eigenvalue weighted by Crippen LogP contribution is -2.52. The van der Waals surface area contributed by atoms with Crippen molar-refractivity contribution < 1.29 is 19.1 Å². The molecule has 1 saturated heterocycles. The molecular weight excluding hydrogens is 248 g/mol. The van der Waals surface area contributed by atoms with Gasteiger partial charge in [-0.15, -0.1) is 0 Å². The zero-order valence-electron chi connectivity index (χ0n) is 12.6. The molecule has 0 saturated carbocycles. The van der Waals surface area contributed by atoms with Gasteiger partial charge in [0.2, 0.25) is 0 Å².